The quantitative estimate of drug-likeness (QED) is 0.905. The van der Waals surface area contributed by atoms with Crippen molar-refractivity contribution in [2.45, 2.75) is 70.0 Å². The van der Waals surface area contributed by atoms with E-state index in [4.69, 9.17) is 0 Å². The van der Waals surface area contributed by atoms with E-state index in [1.807, 2.05) is 12.3 Å². The Labute approximate surface area is 128 Å². The monoisotopic (exact) mass is 290 g/mol. The van der Waals surface area contributed by atoms with Crippen LogP contribution in [0.3, 0.4) is 0 Å². The first-order chi connectivity index (χ1) is 10.2. The Morgan fingerprint density at radius 1 is 1.14 bits per heavy atom. The van der Waals surface area contributed by atoms with Gasteiger partial charge in [0.1, 0.15) is 0 Å². The Kier molecular flexibility index (Phi) is 4.36. The summed E-state index contributed by atoms with van der Waals surface area (Å²) in [5.74, 6) is 0. The van der Waals surface area contributed by atoms with Crippen LogP contribution in [0.15, 0.2) is 18.5 Å². The van der Waals surface area contributed by atoms with Crippen LogP contribution in [0.2, 0.25) is 0 Å². The van der Waals surface area contributed by atoms with Gasteiger partial charge in [0, 0.05) is 43.1 Å². The average molecular weight is 290 g/mol. The standard InChI is InChI=1S/C17H30N4/c1-3-16(4-2)15-20(12-13-21-11-7-10-19-21)17(14-18-16)8-5-6-9-17/h7,10-11,18H,3-6,8-9,12-15H2,1-2H3. The van der Waals surface area contributed by atoms with Gasteiger partial charge in [-0.05, 0) is 31.7 Å². The zero-order chi connectivity index (χ0) is 14.8. The van der Waals surface area contributed by atoms with Gasteiger partial charge < -0.3 is 5.32 Å². The van der Waals surface area contributed by atoms with Gasteiger partial charge >= 0.3 is 0 Å². The van der Waals surface area contributed by atoms with Crippen molar-refractivity contribution in [1.82, 2.24) is 20.0 Å². The molecule has 118 valence electrons. The van der Waals surface area contributed by atoms with Crippen LogP contribution < -0.4 is 5.32 Å². The third-order valence-electron chi connectivity index (χ3n) is 6.00. The zero-order valence-electron chi connectivity index (χ0n) is 13.6. The molecule has 2 fully saturated rings. The molecule has 1 N–H and O–H groups in total. The molecule has 2 heterocycles. The number of hydrogen-bond donors (Lipinski definition) is 1. The Morgan fingerprint density at radius 2 is 1.90 bits per heavy atom. The number of nitrogens with zero attached hydrogens (tertiary/aromatic N) is 3. The first-order valence-corrected chi connectivity index (χ1v) is 8.69. The van der Waals surface area contributed by atoms with Crippen LogP contribution in [-0.2, 0) is 6.54 Å². The molecule has 0 atom stereocenters. The van der Waals surface area contributed by atoms with Crippen molar-refractivity contribution in [3.05, 3.63) is 18.5 Å². The summed E-state index contributed by atoms with van der Waals surface area (Å²) in [6, 6.07) is 2.02. The van der Waals surface area contributed by atoms with E-state index in [0.29, 0.717) is 11.1 Å². The minimum atomic E-state index is 0.317. The van der Waals surface area contributed by atoms with Crippen molar-refractivity contribution < 1.29 is 0 Å². The van der Waals surface area contributed by atoms with Gasteiger partial charge in [0.25, 0.3) is 0 Å². The van der Waals surface area contributed by atoms with Crippen molar-refractivity contribution in [1.29, 1.82) is 0 Å². The van der Waals surface area contributed by atoms with Gasteiger partial charge in [0.05, 0.1) is 6.54 Å². The minimum absolute atomic E-state index is 0.317. The van der Waals surface area contributed by atoms with Gasteiger partial charge in [-0.15, -0.1) is 0 Å². The Hall–Kier alpha value is -0.870. The molecule has 0 aromatic carbocycles. The smallest absolute Gasteiger partial charge is 0.0536 e. The molecule has 0 radical (unpaired) electrons. The molecule has 1 spiro atoms. The van der Waals surface area contributed by atoms with E-state index in [9.17, 15) is 0 Å². The van der Waals surface area contributed by atoms with E-state index < -0.39 is 0 Å². The zero-order valence-corrected chi connectivity index (χ0v) is 13.6. The normalized spacial score (nSPS) is 24.7. The highest BCUT2D eigenvalue weighted by molar-refractivity contribution is 5.06. The second-order valence-corrected chi connectivity index (χ2v) is 6.96. The van der Waals surface area contributed by atoms with E-state index in [-0.39, 0.29) is 0 Å². The fourth-order valence-electron chi connectivity index (χ4n) is 4.27. The molecule has 1 saturated carbocycles. The Balaban J connectivity index is 1.73. The molecule has 1 aliphatic carbocycles. The molecule has 0 unspecified atom stereocenters. The van der Waals surface area contributed by atoms with Gasteiger partial charge in [-0.1, -0.05) is 26.7 Å². The highest BCUT2D eigenvalue weighted by atomic mass is 15.3. The van der Waals surface area contributed by atoms with Crippen LogP contribution in [-0.4, -0.2) is 45.4 Å². The summed E-state index contributed by atoms with van der Waals surface area (Å²) in [4.78, 5) is 2.80. The maximum atomic E-state index is 4.37. The first-order valence-electron chi connectivity index (χ1n) is 8.69. The molecule has 21 heavy (non-hydrogen) atoms. The SMILES string of the molecule is CCC1(CC)CN(CCn2cccn2)C2(CCCC2)CN1. The summed E-state index contributed by atoms with van der Waals surface area (Å²) in [7, 11) is 0. The maximum Gasteiger partial charge on any atom is 0.0536 e. The second kappa shape index (κ2) is 6.09. The second-order valence-electron chi connectivity index (χ2n) is 6.96. The van der Waals surface area contributed by atoms with Crippen LogP contribution in [0.25, 0.3) is 0 Å². The van der Waals surface area contributed by atoms with Crippen LogP contribution in [0, 0.1) is 0 Å². The molecule has 2 aliphatic rings. The number of rotatable bonds is 5. The lowest BCUT2D eigenvalue weighted by atomic mass is 9.82. The van der Waals surface area contributed by atoms with Crippen LogP contribution in [0.4, 0.5) is 0 Å². The minimum Gasteiger partial charge on any atom is -0.308 e. The van der Waals surface area contributed by atoms with Crippen molar-refractivity contribution in [2.24, 2.45) is 0 Å². The lowest BCUT2D eigenvalue weighted by Gasteiger charge is -2.53. The van der Waals surface area contributed by atoms with Gasteiger partial charge in [-0.3, -0.25) is 9.58 Å². The number of aromatic nitrogens is 2. The third-order valence-corrected chi connectivity index (χ3v) is 6.00. The molecular weight excluding hydrogens is 260 g/mol. The summed E-state index contributed by atoms with van der Waals surface area (Å²) < 4.78 is 2.07. The van der Waals surface area contributed by atoms with E-state index >= 15 is 0 Å². The highest BCUT2D eigenvalue weighted by Gasteiger charge is 2.47. The van der Waals surface area contributed by atoms with E-state index in [1.54, 1.807) is 0 Å². The molecule has 1 saturated heterocycles. The largest absolute Gasteiger partial charge is 0.308 e. The highest BCUT2D eigenvalue weighted by Crippen LogP contribution is 2.39. The molecule has 4 nitrogen and oxygen atoms in total. The predicted molar refractivity (Wildman–Crippen MR) is 86.3 cm³/mol. The first kappa shape index (κ1) is 15.0. The fourth-order valence-corrected chi connectivity index (χ4v) is 4.27. The molecular formula is C17H30N4. The summed E-state index contributed by atoms with van der Waals surface area (Å²) in [6.07, 6.45) is 11.9. The average Bonchev–Trinajstić information content (AvgIpc) is 3.19. The molecule has 0 amide bonds. The van der Waals surface area contributed by atoms with Gasteiger partial charge in [0.15, 0.2) is 0 Å². The summed E-state index contributed by atoms with van der Waals surface area (Å²) in [5.41, 5.74) is 0.735. The predicted octanol–water partition coefficient (Wildman–Crippen LogP) is 2.66. The lowest BCUT2D eigenvalue weighted by molar-refractivity contribution is 0.00141. The Bertz CT molecular complexity index is 430. The molecule has 3 rings (SSSR count). The summed E-state index contributed by atoms with van der Waals surface area (Å²) in [5, 5.41) is 8.29. The lowest BCUT2D eigenvalue weighted by Crippen LogP contribution is -2.69. The van der Waals surface area contributed by atoms with Crippen molar-refractivity contribution in [3.63, 3.8) is 0 Å². The molecule has 1 aromatic heterocycles. The molecule has 1 aliphatic heterocycles. The van der Waals surface area contributed by atoms with Crippen molar-refractivity contribution >= 4 is 0 Å². The van der Waals surface area contributed by atoms with Gasteiger partial charge in [-0.25, -0.2) is 0 Å². The fraction of sp³-hybridized carbons (Fsp3) is 0.824. The van der Waals surface area contributed by atoms with E-state index in [0.717, 1.165) is 13.1 Å². The number of hydrogen-bond acceptors (Lipinski definition) is 3. The molecule has 0 bridgehead atoms. The summed E-state index contributed by atoms with van der Waals surface area (Å²) in [6.45, 7) is 9.17. The van der Waals surface area contributed by atoms with Crippen molar-refractivity contribution in [2.75, 3.05) is 19.6 Å². The van der Waals surface area contributed by atoms with E-state index in [1.165, 1.54) is 51.6 Å². The van der Waals surface area contributed by atoms with E-state index in [2.05, 4.69) is 40.0 Å². The van der Waals surface area contributed by atoms with Crippen LogP contribution in [0.1, 0.15) is 52.4 Å². The number of piperazine rings is 1. The van der Waals surface area contributed by atoms with Gasteiger partial charge in [0.2, 0.25) is 0 Å². The molecule has 4 heteroatoms. The maximum absolute atomic E-state index is 4.37. The number of nitrogens with one attached hydrogen (secondary N) is 1. The third kappa shape index (κ3) is 2.88. The van der Waals surface area contributed by atoms with Crippen LogP contribution in [0.5, 0.6) is 0 Å². The topological polar surface area (TPSA) is 33.1 Å². The molecule has 1 aromatic rings. The Morgan fingerprint density at radius 3 is 2.52 bits per heavy atom. The summed E-state index contributed by atoms with van der Waals surface area (Å²) >= 11 is 0. The van der Waals surface area contributed by atoms with Crippen LogP contribution >= 0.6 is 0 Å². The van der Waals surface area contributed by atoms with Gasteiger partial charge in [-0.2, -0.15) is 5.10 Å². The van der Waals surface area contributed by atoms with Crippen molar-refractivity contribution in [3.8, 4) is 0 Å².